The molecule has 2 rings (SSSR count). The van der Waals surface area contributed by atoms with E-state index < -0.39 is 0 Å². The lowest BCUT2D eigenvalue weighted by atomic mass is 10.1. The molecule has 1 aliphatic rings. The van der Waals surface area contributed by atoms with Crippen molar-refractivity contribution in [3.05, 3.63) is 17.8 Å². The molecule has 20 heavy (non-hydrogen) atoms. The molecular weight excluding hydrogens is 257 g/mol. The van der Waals surface area contributed by atoms with Gasteiger partial charge in [-0.3, -0.25) is 4.90 Å². The fraction of sp³-hybridized carbons (Fsp3) is 0.714. The molecule has 1 saturated heterocycles. The Morgan fingerprint density at radius 2 is 1.95 bits per heavy atom. The van der Waals surface area contributed by atoms with Crippen molar-refractivity contribution in [2.75, 3.05) is 37.6 Å². The van der Waals surface area contributed by atoms with Crippen LogP contribution >= 0.6 is 0 Å². The number of nitrogens with two attached hydrogens (primary N) is 1. The predicted octanol–water partition coefficient (Wildman–Crippen LogP) is 1.04. The van der Waals surface area contributed by atoms with Gasteiger partial charge in [0, 0.05) is 38.8 Å². The SMILES string of the molecule is CCc1ncnc(N2CCN(C(CC)CN)CC2)c1F. The van der Waals surface area contributed by atoms with Crippen LogP contribution in [0.4, 0.5) is 10.2 Å². The molecule has 2 heterocycles. The summed E-state index contributed by atoms with van der Waals surface area (Å²) in [6, 6.07) is 0.429. The van der Waals surface area contributed by atoms with Crippen molar-refractivity contribution in [2.24, 2.45) is 5.73 Å². The van der Waals surface area contributed by atoms with E-state index in [0.29, 0.717) is 30.5 Å². The van der Waals surface area contributed by atoms with Crippen LogP contribution in [-0.4, -0.2) is 53.6 Å². The minimum absolute atomic E-state index is 0.269. The summed E-state index contributed by atoms with van der Waals surface area (Å²) >= 11 is 0. The first-order chi connectivity index (χ1) is 9.71. The number of hydrogen-bond acceptors (Lipinski definition) is 5. The molecule has 0 aromatic carbocycles. The highest BCUT2D eigenvalue weighted by molar-refractivity contribution is 5.41. The van der Waals surface area contributed by atoms with Crippen molar-refractivity contribution in [1.29, 1.82) is 0 Å². The van der Waals surface area contributed by atoms with Gasteiger partial charge < -0.3 is 10.6 Å². The van der Waals surface area contributed by atoms with Gasteiger partial charge in [-0.25, -0.2) is 14.4 Å². The zero-order chi connectivity index (χ0) is 14.5. The molecule has 1 fully saturated rings. The Bertz CT molecular complexity index is 428. The lowest BCUT2D eigenvalue weighted by molar-refractivity contribution is 0.184. The molecular formula is C14H24FN5. The Morgan fingerprint density at radius 3 is 2.50 bits per heavy atom. The second-order valence-electron chi connectivity index (χ2n) is 5.13. The summed E-state index contributed by atoms with van der Waals surface area (Å²) in [5, 5.41) is 0. The predicted molar refractivity (Wildman–Crippen MR) is 78.3 cm³/mol. The zero-order valence-corrected chi connectivity index (χ0v) is 12.3. The molecule has 0 amide bonds. The van der Waals surface area contributed by atoms with Crippen LogP contribution in [-0.2, 0) is 6.42 Å². The van der Waals surface area contributed by atoms with Gasteiger partial charge in [-0.2, -0.15) is 0 Å². The third-order valence-electron chi connectivity index (χ3n) is 4.05. The lowest BCUT2D eigenvalue weighted by Gasteiger charge is -2.39. The standard InChI is InChI=1S/C14H24FN5/c1-3-11(9-16)19-5-7-20(8-6-19)14-13(15)12(4-2)17-10-18-14/h10-11H,3-9,16H2,1-2H3. The number of halogens is 1. The average molecular weight is 281 g/mol. The molecule has 1 aromatic rings. The van der Waals surface area contributed by atoms with E-state index in [0.717, 1.165) is 32.6 Å². The lowest BCUT2D eigenvalue weighted by Crippen LogP contribution is -2.52. The largest absolute Gasteiger partial charge is 0.352 e. The summed E-state index contributed by atoms with van der Waals surface area (Å²) in [7, 11) is 0. The summed E-state index contributed by atoms with van der Waals surface area (Å²) in [6.07, 6.45) is 3.10. The van der Waals surface area contributed by atoms with E-state index in [1.54, 1.807) is 0 Å². The maximum Gasteiger partial charge on any atom is 0.187 e. The maximum absolute atomic E-state index is 14.2. The Morgan fingerprint density at radius 1 is 1.25 bits per heavy atom. The highest BCUT2D eigenvalue weighted by Crippen LogP contribution is 2.20. The first-order valence-corrected chi connectivity index (χ1v) is 7.39. The summed E-state index contributed by atoms with van der Waals surface area (Å²) in [5.74, 6) is 0.173. The maximum atomic E-state index is 14.2. The Labute approximate surface area is 120 Å². The van der Waals surface area contributed by atoms with Crippen molar-refractivity contribution < 1.29 is 4.39 Å². The monoisotopic (exact) mass is 281 g/mol. The molecule has 2 N–H and O–H groups in total. The van der Waals surface area contributed by atoms with Crippen molar-refractivity contribution in [3.8, 4) is 0 Å². The van der Waals surface area contributed by atoms with Crippen LogP contribution in [0.25, 0.3) is 0 Å². The molecule has 1 unspecified atom stereocenters. The highest BCUT2D eigenvalue weighted by Gasteiger charge is 2.24. The third-order valence-corrected chi connectivity index (χ3v) is 4.05. The van der Waals surface area contributed by atoms with E-state index in [2.05, 4.69) is 21.8 Å². The first kappa shape index (κ1) is 15.1. The quantitative estimate of drug-likeness (QED) is 0.874. The molecule has 1 aromatic heterocycles. The van der Waals surface area contributed by atoms with E-state index in [9.17, 15) is 4.39 Å². The van der Waals surface area contributed by atoms with Crippen molar-refractivity contribution >= 4 is 5.82 Å². The minimum atomic E-state index is -0.269. The van der Waals surface area contributed by atoms with Gasteiger partial charge in [0.2, 0.25) is 0 Å². The van der Waals surface area contributed by atoms with Gasteiger partial charge in [-0.05, 0) is 12.8 Å². The number of anilines is 1. The van der Waals surface area contributed by atoms with Crippen molar-refractivity contribution in [3.63, 3.8) is 0 Å². The van der Waals surface area contributed by atoms with Gasteiger partial charge in [0.05, 0.1) is 5.69 Å². The van der Waals surface area contributed by atoms with Gasteiger partial charge in [0.25, 0.3) is 0 Å². The summed E-state index contributed by atoms with van der Waals surface area (Å²) in [6.45, 7) is 8.11. The Balaban J connectivity index is 2.04. The van der Waals surface area contributed by atoms with E-state index in [-0.39, 0.29) is 5.82 Å². The number of rotatable bonds is 5. The number of aromatic nitrogens is 2. The van der Waals surface area contributed by atoms with E-state index in [1.807, 2.05) is 11.8 Å². The number of nitrogens with zero attached hydrogens (tertiary/aromatic N) is 4. The van der Waals surface area contributed by atoms with Gasteiger partial charge in [0.15, 0.2) is 11.6 Å². The molecule has 1 aliphatic heterocycles. The third kappa shape index (κ3) is 3.07. The van der Waals surface area contributed by atoms with Crippen LogP contribution in [0, 0.1) is 5.82 Å². The second-order valence-corrected chi connectivity index (χ2v) is 5.13. The van der Waals surface area contributed by atoms with Crippen LogP contribution < -0.4 is 10.6 Å². The molecule has 0 bridgehead atoms. The molecule has 0 saturated carbocycles. The molecule has 0 aliphatic carbocycles. The normalized spacial score (nSPS) is 18.3. The van der Waals surface area contributed by atoms with Crippen molar-refractivity contribution in [2.45, 2.75) is 32.7 Å². The molecule has 5 nitrogen and oxygen atoms in total. The second kappa shape index (κ2) is 6.95. The van der Waals surface area contributed by atoms with E-state index >= 15 is 0 Å². The van der Waals surface area contributed by atoms with Gasteiger partial charge in [-0.15, -0.1) is 0 Å². The minimum Gasteiger partial charge on any atom is -0.352 e. The number of hydrogen-bond donors (Lipinski definition) is 1. The fourth-order valence-corrected chi connectivity index (χ4v) is 2.74. The molecule has 0 radical (unpaired) electrons. The van der Waals surface area contributed by atoms with Gasteiger partial charge in [0.1, 0.15) is 6.33 Å². The highest BCUT2D eigenvalue weighted by atomic mass is 19.1. The Hall–Kier alpha value is -1.27. The summed E-state index contributed by atoms with van der Waals surface area (Å²) in [5.41, 5.74) is 6.28. The summed E-state index contributed by atoms with van der Waals surface area (Å²) in [4.78, 5) is 12.5. The number of aryl methyl sites for hydroxylation is 1. The average Bonchev–Trinajstić information content (AvgIpc) is 2.50. The van der Waals surface area contributed by atoms with Crippen LogP contribution in [0.1, 0.15) is 26.0 Å². The van der Waals surface area contributed by atoms with E-state index in [4.69, 9.17) is 5.73 Å². The van der Waals surface area contributed by atoms with Crippen LogP contribution in [0.2, 0.25) is 0 Å². The molecule has 112 valence electrons. The first-order valence-electron chi connectivity index (χ1n) is 7.39. The molecule has 0 spiro atoms. The molecule has 1 atom stereocenters. The summed E-state index contributed by atoms with van der Waals surface area (Å²) < 4.78 is 14.2. The fourth-order valence-electron chi connectivity index (χ4n) is 2.74. The topological polar surface area (TPSA) is 58.3 Å². The van der Waals surface area contributed by atoms with Crippen LogP contribution in [0.5, 0.6) is 0 Å². The van der Waals surface area contributed by atoms with Gasteiger partial charge >= 0.3 is 0 Å². The Kier molecular flexibility index (Phi) is 5.25. The van der Waals surface area contributed by atoms with Crippen LogP contribution in [0.3, 0.4) is 0 Å². The van der Waals surface area contributed by atoms with E-state index in [1.165, 1.54) is 6.33 Å². The molecule has 6 heteroatoms. The zero-order valence-electron chi connectivity index (χ0n) is 12.3. The van der Waals surface area contributed by atoms with Crippen LogP contribution in [0.15, 0.2) is 6.33 Å². The van der Waals surface area contributed by atoms with Crippen molar-refractivity contribution in [1.82, 2.24) is 14.9 Å². The van der Waals surface area contributed by atoms with Gasteiger partial charge in [-0.1, -0.05) is 13.8 Å². The smallest absolute Gasteiger partial charge is 0.187 e. The number of piperazine rings is 1.